The zero-order chi connectivity index (χ0) is 14.4. The van der Waals surface area contributed by atoms with E-state index in [1.54, 1.807) is 36.2 Å². The summed E-state index contributed by atoms with van der Waals surface area (Å²) in [5, 5.41) is 2.81. The van der Waals surface area contributed by atoms with Gasteiger partial charge in [0.25, 0.3) is 0 Å². The van der Waals surface area contributed by atoms with Gasteiger partial charge in [0.2, 0.25) is 0 Å². The first-order valence-electron chi connectivity index (χ1n) is 6.53. The number of nitrogens with one attached hydrogen (secondary N) is 1. The minimum absolute atomic E-state index is 0.0203. The summed E-state index contributed by atoms with van der Waals surface area (Å²) in [6.07, 6.45) is 0.979. The summed E-state index contributed by atoms with van der Waals surface area (Å²) in [5.74, 6) is 0.594. The summed E-state index contributed by atoms with van der Waals surface area (Å²) in [6.45, 7) is 6.51. The van der Waals surface area contributed by atoms with Crippen LogP contribution in [0.15, 0.2) is 24.3 Å². The Labute approximate surface area is 114 Å². The lowest BCUT2D eigenvalue weighted by Crippen LogP contribution is -2.32. The van der Waals surface area contributed by atoms with Gasteiger partial charge in [0.05, 0.1) is 0 Å². The second-order valence-corrected chi connectivity index (χ2v) is 5.17. The molecule has 1 aromatic carbocycles. The van der Waals surface area contributed by atoms with Gasteiger partial charge in [-0.15, -0.1) is 0 Å². The van der Waals surface area contributed by atoms with Gasteiger partial charge >= 0.3 is 6.03 Å². The van der Waals surface area contributed by atoms with Crippen molar-refractivity contribution >= 4 is 17.5 Å². The lowest BCUT2D eigenvalue weighted by Gasteiger charge is -2.19. The van der Waals surface area contributed by atoms with Crippen molar-refractivity contribution in [3.05, 3.63) is 29.8 Å². The van der Waals surface area contributed by atoms with Gasteiger partial charge in [-0.1, -0.05) is 13.8 Å². The van der Waals surface area contributed by atoms with Crippen molar-refractivity contribution in [1.29, 1.82) is 0 Å². The molecular weight excluding hydrogens is 240 g/mol. The van der Waals surface area contributed by atoms with Crippen LogP contribution in [-0.2, 0) is 0 Å². The number of urea groups is 1. The van der Waals surface area contributed by atoms with Crippen LogP contribution in [0, 0.1) is 5.92 Å². The van der Waals surface area contributed by atoms with Crippen LogP contribution < -0.4 is 5.32 Å². The highest BCUT2D eigenvalue weighted by Gasteiger charge is 2.09. The Morgan fingerprint density at radius 1 is 1.21 bits per heavy atom. The van der Waals surface area contributed by atoms with E-state index in [0.717, 1.165) is 13.0 Å². The van der Waals surface area contributed by atoms with Crippen LogP contribution in [0.25, 0.3) is 0 Å². The average molecular weight is 262 g/mol. The maximum Gasteiger partial charge on any atom is 0.321 e. The molecule has 0 aliphatic heterocycles. The number of Topliss-reactive ketones (excluding diaryl/α,β-unsaturated/α-hetero) is 1. The number of ketones is 1. The van der Waals surface area contributed by atoms with Crippen molar-refractivity contribution in [2.24, 2.45) is 5.92 Å². The van der Waals surface area contributed by atoms with Crippen LogP contribution in [0.2, 0.25) is 0 Å². The molecule has 1 N–H and O–H groups in total. The molecule has 0 aliphatic rings. The fourth-order valence-corrected chi connectivity index (χ4v) is 1.56. The van der Waals surface area contributed by atoms with Crippen molar-refractivity contribution in [2.75, 3.05) is 18.9 Å². The van der Waals surface area contributed by atoms with E-state index in [1.807, 2.05) is 0 Å². The number of benzene rings is 1. The van der Waals surface area contributed by atoms with Crippen molar-refractivity contribution in [2.45, 2.75) is 27.2 Å². The van der Waals surface area contributed by atoms with Crippen LogP contribution in [-0.4, -0.2) is 30.3 Å². The lowest BCUT2D eigenvalue weighted by atomic mass is 10.1. The van der Waals surface area contributed by atoms with Crippen LogP contribution in [0.4, 0.5) is 10.5 Å². The summed E-state index contributed by atoms with van der Waals surface area (Å²) in [6, 6.07) is 6.78. The largest absolute Gasteiger partial charge is 0.328 e. The predicted octanol–water partition coefficient (Wildman–Crippen LogP) is 3.40. The van der Waals surface area contributed by atoms with Gasteiger partial charge in [-0.25, -0.2) is 4.79 Å². The summed E-state index contributed by atoms with van der Waals surface area (Å²) in [5.41, 5.74) is 1.34. The molecule has 104 valence electrons. The molecule has 4 nitrogen and oxygen atoms in total. The first-order valence-corrected chi connectivity index (χ1v) is 6.53. The minimum Gasteiger partial charge on any atom is -0.328 e. The molecule has 1 rings (SSSR count). The number of amides is 2. The first kappa shape index (κ1) is 15.2. The standard InChI is InChI=1S/C15H22N2O2/c1-11(2)9-10-17(4)15(19)16-14-7-5-13(6-8-14)12(3)18/h5-8,11H,9-10H2,1-4H3,(H,16,19). The monoisotopic (exact) mass is 262 g/mol. The van der Waals surface area contributed by atoms with Gasteiger partial charge in [0, 0.05) is 24.8 Å². The second kappa shape index (κ2) is 6.92. The molecule has 0 aliphatic carbocycles. The van der Waals surface area contributed by atoms with E-state index < -0.39 is 0 Å². The minimum atomic E-state index is -0.128. The highest BCUT2D eigenvalue weighted by Crippen LogP contribution is 2.11. The first-order chi connectivity index (χ1) is 8.90. The van der Waals surface area contributed by atoms with Gasteiger partial charge in [-0.05, 0) is 43.5 Å². The third-order valence-corrected chi connectivity index (χ3v) is 2.93. The molecule has 0 unspecified atom stereocenters. The van der Waals surface area contributed by atoms with Gasteiger partial charge in [0.15, 0.2) is 5.78 Å². The number of nitrogens with zero attached hydrogens (tertiary/aromatic N) is 1. The molecule has 0 saturated carbocycles. The molecule has 0 fully saturated rings. The highest BCUT2D eigenvalue weighted by atomic mass is 16.2. The number of hydrogen-bond acceptors (Lipinski definition) is 2. The van der Waals surface area contributed by atoms with E-state index in [9.17, 15) is 9.59 Å². The molecule has 0 radical (unpaired) electrons. The summed E-state index contributed by atoms with van der Waals surface area (Å²) < 4.78 is 0. The van der Waals surface area contributed by atoms with Crippen molar-refractivity contribution in [1.82, 2.24) is 4.90 Å². The number of hydrogen-bond donors (Lipinski definition) is 1. The smallest absolute Gasteiger partial charge is 0.321 e. The molecule has 4 heteroatoms. The predicted molar refractivity (Wildman–Crippen MR) is 77.6 cm³/mol. The molecular formula is C15H22N2O2. The Bertz CT molecular complexity index is 438. The van der Waals surface area contributed by atoms with E-state index in [2.05, 4.69) is 19.2 Å². The summed E-state index contributed by atoms with van der Waals surface area (Å²) in [7, 11) is 1.78. The van der Waals surface area contributed by atoms with Gasteiger partial charge in [0.1, 0.15) is 0 Å². The number of carbonyl (C=O) groups is 2. The van der Waals surface area contributed by atoms with Crippen LogP contribution in [0.5, 0.6) is 0 Å². The zero-order valence-corrected chi connectivity index (χ0v) is 12.1. The van der Waals surface area contributed by atoms with E-state index in [4.69, 9.17) is 0 Å². The van der Waals surface area contributed by atoms with Crippen LogP contribution in [0.3, 0.4) is 0 Å². The quantitative estimate of drug-likeness (QED) is 0.827. The lowest BCUT2D eigenvalue weighted by molar-refractivity contribution is 0.101. The third-order valence-electron chi connectivity index (χ3n) is 2.93. The second-order valence-electron chi connectivity index (χ2n) is 5.17. The van der Waals surface area contributed by atoms with Crippen molar-refractivity contribution in [3.63, 3.8) is 0 Å². The van der Waals surface area contributed by atoms with Crippen molar-refractivity contribution in [3.8, 4) is 0 Å². The maximum atomic E-state index is 11.9. The molecule has 19 heavy (non-hydrogen) atoms. The Kier molecular flexibility index (Phi) is 5.55. The molecule has 0 atom stereocenters. The Morgan fingerprint density at radius 3 is 2.26 bits per heavy atom. The topological polar surface area (TPSA) is 49.4 Å². The van der Waals surface area contributed by atoms with Gasteiger partial charge < -0.3 is 10.2 Å². The van der Waals surface area contributed by atoms with Gasteiger partial charge in [-0.2, -0.15) is 0 Å². The molecule has 0 aromatic heterocycles. The SMILES string of the molecule is CC(=O)c1ccc(NC(=O)N(C)CCC(C)C)cc1. The average Bonchev–Trinajstić information content (AvgIpc) is 2.36. The molecule has 0 saturated heterocycles. The fourth-order valence-electron chi connectivity index (χ4n) is 1.56. The summed E-state index contributed by atoms with van der Waals surface area (Å²) >= 11 is 0. The van der Waals surface area contributed by atoms with E-state index in [1.165, 1.54) is 6.92 Å². The maximum absolute atomic E-state index is 11.9. The van der Waals surface area contributed by atoms with Crippen molar-refractivity contribution < 1.29 is 9.59 Å². The number of anilines is 1. The Hall–Kier alpha value is -1.84. The normalized spacial score (nSPS) is 10.4. The number of carbonyl (C=O) groups excluding carboxylic acids is 2. The highest BCUT2D eigenvalue weighted by molar-refractivity contribution is 5.95. The Balaban J connectivity index is 2.54. The van der Waals surface area contributed by atoms with E-state index in [-0.39, 0.29) is 11.8 Å². The fraction of sp³-hybridized carbons (Fsp3) is 0.467. The molecule has 0 heterocycles. The molecule has 1 aromatic rings. The molecule has 0 bridgehead atoms. The van der Waals surface area contributed by atoms with E-state index >= 15 is 0 Å². The summed E-state index contributed by atoms with van der Waals surface area (Å²) in [4.78, 5) is 24.7. The molecule has 2 amide bonds. The molecule has 0 spiro atoms. The van der Waals surface area contributed by atoms with Gasteiger partial charge in [-0.3, -0.25) is 4.79 Å². The third kappa shape index (κ3) is 5.12. The number of rotatable bonds is 5. The Morgan fingerprint density at radius 2 is 1.79 bits per heavy atom. The van der Waals surface area contributed by atoms with E-state index in [0.29, 0.717) is 17.2 Å². The van der Waals surface area contributed by atoms with Crippen LogP contribution in [0.1, 0.15) is 37.6 Å². The van der Waals surface area contributed by atoms with Crippen LogP contribution >= 0.6 is 0 Å². The zero-order valence-electron chi connectivity index (χ0n) is 12.1.